The van der Waals surface area contributed by atoms with E-state index >= 15 is 0 Å². The molecule has 20 heavy (non-hydrogen) atoms. The SMILES string of the molecule is COc1cc(CNCCc2ccc(Cl)cc2)ccc1O. The number of hydrogen-bond acceptors (Lipinski definition) is 3. The molecule has 0 radical (unpaired) electrons. The Morgan fingerprint density at radius 3 is 2.50 bits per heavy atom. The van der Waals surface area contributed by atoms with Crippen LogP contribution >= 0.6 is 11.6 Å². The second-order valence-electron chi connectivity index (χ2n) is 4.56. The lowest BCUT2D eigenvalue weighted by molar-refractivity contribution is 0.373. The van der Waals surface area contributed by atoms with E-state index in [0.29, 0.717) is 5.75 Å². The molecule has 0 atom stereocenters. The number of phenols is 1. The Morgan fingerprint density at radius 1 is 1.10 bits per heavy atom. The highest BCUT2D eigenvalue weighted by Crippen LogP contribution is 2.26. The van der Waals surface area contributed by atoms with Crippen molar-refractivity contribution in [3.05, 3.63) is 58.6 Å². The van der Waals surface area contributed by atoms with Crippen molar-refractivity contribution in [3.63, 3.8) is 0 Å². The summed E-state index contributed by atoms with van der Waals surface area (Å²) >= 11 is 5.85. The second-order valence-corrected chi connectivity index (χ2v) is 5.00. The van der Waals surface area contributed by atoms with Crippen LogP contribution in [0.1, 0.15) is 11.1 Å². The molecular weight excluding hydrogens is 274 g/mol. The van der Waals surface area contributed by atoms with Gasteiger partial charge in [0.1, 0.15) is 0 Å². The molecule has 0 saturated heterocycles. The van der Waals surface area contributed by atoms with Crippen LogP contribution in [0.2, 0.25) is 5.02 Å². The molecule has 2 N–H and O–H groups in total. The molecule has 0 aliphatic carbocycles. The van der Waals surface area contributed by atoms with Crippen LogP contribution < -0.4 is 10.1 Å². The van der Waals surface area contributed by atoms with E-state index < -0.39 is 0 Å². The van der Waals surface area contributed by atoms with E-state index in [9.17, 15) is 5.11 Å². The van der Waals surface area contributed by atoms with Crippen molar-refractivity contribution >= 4 is 11.6 Å². The van der Waals surface area contributed by atoms with Crippen LogP contribution in [0, 0.1) is 0 Å². The lowest BCUT2D eigenvalue weighted by atomic mass is 10.1. The Kier molecular flexibility index (Phi) is 5.27. The van der Waals surface area contributed by atoms with Gasteiger partial charge in [0.2, 0.25) is 0 Å². The van der Waals surface area contributed by atoms with Crippen molar-refractivity contribution in [2.45, 2.75) is 13.0 Å². The minimum absolute atomic E-state index is 0.164. The molecule has 0 saturated carbocycles. The normalized spacial score (nSPS) is 10.5. The van der Waals surface area contributed by atoms with Gasteiger partial charge < -0.3 is 15.2 Å². The van der Waals surface area contributed by atoms with E-state index in [1.54, 1.807) is 13.2 Å². The van der Waals surface area contributed by atoms with Crippen LogP contribution in [-0.4, -0.2) is 18.8 Å². The van der Waals surface area contributed by atoms with Crippen LogP contribution in [0.5, 0.6) is 11.5 Å². The quantitative estimate of drug-likeness (QED) is 0.802. The van der Waals surface area contributed by atoms with Crippen molar-refractivity contribution in [3.8, 4) is 11.5 Å². The number of phenolic OH excluding ortho intramolecular Hbond substituents is 1. The Morgan fingerprint density at radius 2 is 1.80 bits per heavy atom. The van der Waals surface area contributed by atoms with Crippen molar-refractivity contribution in [2.24, 2.45) is 0 Å². The largest absolute Gasteiger partial charge is 0.504 e. The van der Waals surface area contributed by atoms with Crippen molar-refractivity contribution < 1.29 is 9.84 Å². The molecule has 0 aromatic heterocycles. The van der Waals surface area contributed by atoms with Crippen LogP contribution in [0.15, 0.2) is 42.5 Å². The Balaban J connectivity index is 1.79. The fraction of sp³-hybridized carbons (Fsp3) is 0.250. The lowest BCUT2D eigenvalue weighted by Crippen LogP contribution is -2.16. The molecule has 3 nitrogen and oxygen atoms in total. The summed E-state index contributed by atoms with van der Waals surface area (Å²) in [6, 6.07) is 13.2. The summed E-state index contributed by atoms with van der Waals surface area (Å²) in [7, 11) is 1.55. The first kappa shape index (κ1) is 14.7. The Bertz CT molecular complexity index is 555. The van der Waals surface area contributed by atoms with E-state index in [0.717, 1.165) is 30.1 Å². The summed E-state index contributed by atoms with van der Waals surface area (Å²) in [5, 5.41) is 13.6. The van der Waals surface area contributed by atoms with E-state index in [4.69, 9.17) is 16.3 Å². The number of benzene rings is 2. The highest BCUT2D eigenvalue weighted by Gasteiger charge is 2.02. The Hall–Kier alpha value is -1.71. The summed E-state index contributed by atoms with van der Waals surface area (Å²) in [5.41, 5.74) is 2.33. The molecular formula is C16H18ClNO2. The maximum Gasteiger partial charge on any atom is 0.160 e. The van der Waals surface area contributed by atoms with E-state index in [1.165, 1.54) is 5.56 Å². The molecule has 0 fully saturated rings. The molecule has 0 aliphatic rings. The minimum Gasteiger partial charge on any atom is -0.504 e. The standard InChI is InChI=1S/C16H18ClNO2/c1-20-16-10-13(4-7-15(16)19)11-18-9-8-12-2-5-14(17)6-3-12/h2-7,10,18-19H,8-9,11H2,1H3. The maximum absolute atomic E-state index is 9.52. The first-order chi connectivity index (χ1) is 9.69. The lowest BCUT2D eigenvalue weighted by Gasteiger charge is -2.08. The number of hydrogen-bond donors (Lipinski definition) is 2. The fourth-order valence-electron chi connectivity index (χ4n) is 1.95. The average Bonchev–Trinajstić information content (AvgIpc) is 2.47. The molecule has 0 unspecified atom stereocenters. The molecule has 2 rings (SSSR count). The molecule has 2 aromatic rings. The van der Waals surface area contributed by atoms with Crippen molar-refractivity contribution in [1.82, 2.24) is 5.32 Å². The van der Waals surface area contributed by atoms with Crippen LogP contribution in [0.3, 0.4) is 0 Å². The fourth-order valence-corrected chi connectivity index (χ4v) is 2.07. The molecule has 2 aromatic carbocycles. The maximum atomic E-state index is 9.52. The van der Waals surface area contributed by atoms with Gasteiger partial charge in [-0.05, 0) is 48.4 Å². The van der Waals surface area contributed by atoms with Crippen LogP contribution in [-0.2, 0) is 13.0 Å². The predicted octanol–water partition coefficient (Wildman–Crippen LogP) is 3.39. The van der Waals surface area contributed by atoms with Gasteiger partial charge >= 0.3 is 0 Å². The van der Waals surface area contributed by atoms with Gasteiger partial charge in [-0.2, -0.15) is 0 Å². The third-order valence-corrected chi connectivity index (χ3v) is 3.33. The summed E-state index contributed by atoms with van der Waals surface area (Å²) in [6.07, 6.45) is 0.951. The number of halogens is 1. The topological polar surface area (TPSA) is 41.5 Å². The number of nitrogens with one attached hydrogen (secondary N) is 1. The van der Waals surface area contributed by atoms with Gasteiger partial charge in [-0.1, -0.05) is 29.8 Å². The first-order valence-electron chi connectivity index (χ1n) is 6.50. The summed E-state index contributed by atoms with van der Waals surface area (Å²) < 4.78 is 5.08. The van der Waals surface area contributed by atoms with Crippen molar-refractivity contribution in [1.29, 1.82) is 0 Å². The zero-order valence-electron chi connectivity index (χ0n) is 11.4. The Labute approximate surface area is 124 Å². The molecule has 4 heteroatoms. The highest BCUT2D eigenvalue weighted by molar-refractivity contribution is 6.30. The van der Waals surface area contributed by atoms with Crippen LogP contribution in [0.4, 0.5) is 0 Å². The highest BCUT2D eigenvalue weighted by atomic mass is 35.5. The summed E-state index contributed by atoms with van der Waals surface area (Å²) in [4.78, 5) is 0. The predicted molar refractivity (Wildman–Crippen MR) is 81.5 cm³/mol. The van der Waals surface area contributed by atoms with Gasteiger partial charge in [-0.25, -0.2) is 0 Å². The molecule has 0 aliphatic heterocycles. The third-order valence-electron chi connectivity index (χ3n) is 3.08. The van der Waals surface area contributed by atoms with Gasteiger partial charge in [0, 0.05) is 11.6 Å². The number of methoxy groups -OCH3 is 1. The number of ether oxygens (including phenoxy) is 1. The number of aromatic hydroxyl groups is 1. The van der Waals surface area contributed by atoms with E-state index in [2.05, 4.69) is 5.32 Å². The zero-order chi connectivity index (χ0) is 14.4. The average molecular weight is 292 g/mol. The van der Waals surface area contributed by atoms with Crippen LogP contribution in [0.25, 0.3) is 0 Å². The van der Waals surface area contributed by atoms with Gasteiger partial charge in [-0.15, -0.1) is 0 Å². The van der Waals surface area contributed by atoms with Gasteiger partial charge in [0.15, 0.2) is 11.5 Å². The molecule has 0 spiro atoms. The van der Waals surface area contributed by atoms with Gasteiger partial charge in [0.25, 0.3) is 0 Å². The monoisotopic (exact) mass is 291 g/mol. The summed E-state index contributed by atoms with van der Waals surface area (Å²) in [6.45, 7) is 1.62. The van der Waals surface area contributed by atoms with Gasteiger partial charge in [-0.3, -0.25) is 0 Å². The van der Waals surface area contributed by atoms with E-state index in [-0.39, 0.29) is 5.75 Å². The molecule has 0 bridgehead atoms. The van der Waals surface area contributed by atoms with E-state index in [1.807, 2.05) is 36.4 Å². The smallest absolute Gasteiger partial charge is 0.160 e. The third kappa shape index (κ3) is 4.15. The summed E-state index contributed by atoms with van der Waals surface area (Å²) in [5.74, 6) is 0.666. The first-order valence-corrected chi connectivity index (χ1v) is 6.88. The molecule has 0 heterocycles. The number of rotatable bonds is 6. The van der Waals surface area contributed by atoms with Gasteiger partial charge in [0.05, 0.1) is 7.11 Å². The molecule has 106 valence electrons. The minimum atomic E-state index is 0.164. The zero-order valence-corrected chi connectivity index (χ0v) is 12.2. The second kappa shape index (κ2) is 7.17. The van der Waals surface area contributed by atoms with Crippen molar-refractivity contribution in [2.75, 3.05) is 13.7 Å². The molecule has 0 amide bonds.